The van der Waals surface area contributed by atoms with Gasteiger partial charge in [0.1, 0.15) is 12.2 Å². The molecule has 252 valence electrons. The molecule has 1 amide bonds. The fourth-order valence-corrected chi connectivity index (χ4v) is 8.02. The SMILES string of the molecule is CC1(F)C=CC2=C(C3COCCN3c3ccccc3C2N2C3COCCN3C(=O)c3c(OC4OC(=O)c5ccccc54)c(=O)ccn32)C1F. The van der Waals surface area contributed by atoms with E-state index in [0.29, 0.717) is 29.9 Å². The fraction of sp³-hybridized carbons (Fsp3) is 0.361. The molecule has 49 heavy (non-hydrogen) atoms. The minimum absolute atomic E-state index is 0.0806. The number of hydrogen-bond acceptors (Lipinski definition) is 9. The van der Waals surface area contributed by atoms with Crippen LogP contribution >= 0.6 is 0 Å². The van der Waals surface area contributed by atoms with Crippen LogP contribution < -0.4 is 20.1 Å². The number of rotatable bonds is 3. The molecule has 6 unspecified atom stereocenters. The Kier molecular flexibility index (Phi) is 6.76. The number of allylic oxidation sites excluding steroid dienone is 1. The van der Waals surface area contributed by atoms with E-state index in [4.69, 9.17) is 18.9 Å². The third-order valence-electron chi connectivity index (χ3n) is 10.3. The molecule has 0 saturated carbocycles. The minimum atomic E-state index is -2.26. The van der Waals surface area contributed by atoms with E-state index in [1.807, 2.05) is 29.3 Å². The second-order valence-electron chi connectivity index (χ2n) is 13.1. The molecule has 2 saturated heterocycles. The van der Waals surface area contributed by atoms with E-state index in [2.05, 4.69) is 4.90 Å². The second-order valence-corrected chi connectivity index (χ2v) is 13.1. The van der Waals surface area contributed by atoms with Crippen LogP contribution in [0.1, 0.15) is 51.2 Å². The Labute approximate surface area is 279 Å². The van der Waals surface area contributed by atoms with Crippen LogP contribution in [0.25, 0.3) is 0 Å². The number of esters is 1. The summed E-state index contributed by atoms with van der Waals surface area (Å²) in [5, 5.41) is 1.89. The highest BCUT2D eigenvalue weighted by molar-refractivity contribution is 5.97. The number of carbonyl (C=O) groups is 2. The second kappa shape index (κ2) is 11.0. The molecular weight excluding hydrogens is 638 g/mol. The van der Waals surface area contributed by atoms with Crippen molar-refractivity contribution in [2.24, 2.45) is 0 Å². The average Bonchev–Trinajstić information content (AvgIpc) is 3.37. The third kappa shape index (κ3) is 4.41. The normalized spacial score (nSPS) is 30.0. The number of aromatic nitrogens is 1. The number of morpholine rings is 2. The molecule has 1 aromatic heterocycles. The van der Waals surface area contributed by atoms with E-state index in [-0.39, 0.29) is 43.4 Å². The summed E-state index contributed by atoms with van der Waals surface area (Å²) >= 11 is 0. The van der Waals surface area contributed by atoms with E-state index < -0.39 is 53.7 Å². The summed E-state index contributed by atoms with van der Waals surface area (Å²) in [6.07, 6.45) is 0.454. The highest BCUT2D eigenvalue weighted by atomic mass is 19.2. The molecule has 0 radical (unpaired) electrons. The van der Waals surface area contributed by atoms with Gasteiger partial charge in [-0.3, -0.25) is 19.3 Å². The molecule has 5 aliphatic heterocycles. The van der Waals surface area contributed by atoms with Crippen molar-refractivity contribution in [3.8, 4) is 5.75 Å². The first-order valence-electron chi connectivity index (χ1n) is 16.3. The van der Waals surface area contributed by atoms with Crippen LogP contribution in [-0.2, 0) is 14.2 Å². The molecule has 1 aliphatic carbocycles. The lowest BCUT2D eigenvalue weighted by Gasteiger charge is -2.52. The lowest BCUT2D eigenvalue weighted by Crippen LogP contribution is -2.66. The standard InChI is InChI=1S/C36H32F2N4O7/c1-36(38)12-10-23-28(32(36)37)25-18-46-16-14-39(25)24-9-5-4-8-22(24)29(23)42-27-19-47-17-15-40(27)33(44)30-31(26(43)11-13-41(30)42)48-35-21-7-3-2-6-20(21)34(45)49-35/h2-13,25,27,29,32,35H,14-19H2,1H3. The summed E-state index contributed by atoms with van der Waals surface area (Å²) < 4.78 is 57.5. The van der Waals surface area contributed by atoms with Crippen LogP contribution in [-0.4, -0.2) is 85.0 Å². The molecule has 6 heterocycles. The predicted molar refractivity (Wildman–Crippen MR) is 171 cm³/mol. The first-order chi connectivity index (χ1) is 23.7. The zero-order chi connectivity index (χ0) is 33.6. The van der Waals surface area contributed by atoms with Crippen molar-refractivity contribution in [1.29, 1.82) is 0 Å². The Morgan fingerprint density at radius 2 is 1.65 bits per heavy atom. The van der Waals surface area contributed by atoms with Crippen LogP contribution in [0.3, 0.4) is 0 Å². The van der Waals surface area contributed by atoms with Gasteiger partial charge in [0.05, 0.1) is 38.0 Å². The summed E-state index contributed by atoms with van der Waals surface area (Å²) in [4.78, 5) is 44.4. The number of para-hydroxylation sites is 1. The van der Waals surface area contributed by atoms with Crippen molar-refractivity contribution in [1.82, 2.24) is 9.58 Å². The Bertz CT molecular complexity index is 2030. The molecule has 3 aromatic rings. The number of pyridine rings is 1. The monoisotopic (exact) mass is 670 g/mol. The minimum Gasteiger partial charge on any atom is -0.444 e. The number of carbonyl (C=O) groups excluding carboxylic acids is 2. The van der Waals surface area contributed by atoms with Crippen LogP contribution in [0.2, 0.25) is 0 Å². The van der Waals surface area contributed by atoms with Gasteiger partial charge in [-0.25, -0.2) is 13.6 Å². The van der Waals surface area contributed by atoms with Gasteiger partial charge < -0.3 is 28.7 Å². The third-order valence-corrected chi connectivity index (χ3v) is 10.3. The van der Waals surface area contributed by atoms with Gasteiger partial charge >= 0.3 is 5.97 Å². The lowest BCUT2D eigenvalue weighted by atomic mass is 9.79. The highest BCUT2D eigenvalue weighted by Crippen LogP contribution is 2.50. The molecule has 6 atom stereocenters. The Morgan fingerprint density at radius 1 is 0.918 bits per heavy atom. The number of alkyl halides is 2. The number of benzene rings is 2. The maximum Gasteiger partial charge on any atom is 0.342 e. The molecule has 2 fully saturated rings. The Balaban J connectivity index is 1.28. The maximum atomic E-state index is 16.6. The molecular formula is C36H32F2N4O7. The number of cyclic esters (lactones) is 1. The number of anilines is 1. The van der Waals surface area contributed by atoms with Gasteiger partial charge in [-0.1, -0.05) is 42.5 Å². The van der Waals surface area contributed by atoms with Crippen molar-refractivity contribution < 1.29 is 37.3 Å². The molecule has 9 rings (SSSR count). The van der Waals surface area contributed by atoms with E-state index in [0.717, 1.165) is 11.3 Å². The Hall–Kier alpha value is -5.01. The lowest BCUT2D eigenvalue weighted by molar-refractivity contribution is -0.0417. The number of fused-ring (bicyclic) bond motifs is 7. The topological polar surface area (TPSA) is 103 Å². The first-order valence-corrected chi connectivity index (χ1v) is 16.3. The van der Waals surface area contributed by atoms with Crippen LogP contribution in [0.15, 0.2) is 88.9 Å². The summed E-state index contributed by atoms with van der Waals surface area (Å²) in [6.45, 7) is 2.85. The van der Waals surface area contributed by atoms with Crippen LogP contribution in [0.4, 0.5) is 14.5 Å². The van der Waals surface area contributed by atoms with Gasteiger partial charge in [0.15, 0.2) is 17.5 Å². The van der Waals surface area contributed by atoms with Crippen molar-refractivity contribution in [3.05, 3.63) is 117 Å². The molecule has 6 aliphatic rings. The number of halogens is 2. The van der Waals surface area contributed by atoms with Gasteiger partial charge in [0.25, 0.3) is 12.2 Å². The van der Waals surface area contributed by atoms with E-state index in [9.17, 15) is 14.4 Å². The molecule has 13 heteroatoms. The zero-order valence-corrected chi connectivity index (χ0v) is 26.5. The zero-order valence-electron chi connectivity index (χ0n) is 26.5. The van der Waals surface area contributed by atoms with Gasteiger partial charge in [-0.15, -0.1) is 0 Å². The number of amides is 1. The molecule has 2 aromatic carbocycles. The highest BCUT2D eigenvalue weighted by Gasteiger charge is 2.52. The summed E-state index contributed by atoms with van der Waals surface area (Å²) in [7, 11) is 0. The largest absolute Gasteiger partial charge is 0.444 e. The Morgan fingerprint density at radius 3 is 2.49 bits per heavy atom. The van der Waals surface area contributed by atoms with E-state index in [1.54, 1.807) is 39.9 Å². The molecule has 11 nitrogen and oxygen atoms in total. The summed E-state index contributed by atoms with van der Waals surface area (Å²) in [5.74, 6) is -1.38. The number of nitrogens with zero attached hydrogens (tertiary/aromatic N) is 4. The molecule has 0 spiro atoms. The van der Waals surface area contributed by atoms with Gasteiger partial charge in [0.2, 0.25) is 11.2 Å². The fourth-order valence-electron chi connectivity index (χ4n) is 8.02. The van der Waals surface area contributed by atoms with Crippen LogP contribution in [0.5, 0.6) is 5.75 Å². The van der Waals surface area contributed by atoms with Gasteiger partial charge in [0, 0.05) is 42.2 Å². The first kappa shape index (κ1) is 30.1. The predicted octanol–water partition coefficient (Wildman–Crippen LogP) is 3.74. The van der Waals surface area contributed by atoms with Crippen molar-refractivity contribution in [2.75, 3.05) is 49.4 Å². The molecule has 0 N–H and O–H groups in total. The summed E-state index contributed by atoms with van der Waals surface area (Å²) in [6, 6.07) is 14.3. The van der Waals surface area contributed by atoms with Crippen LogP contribution in [0, 0.1) is 0 Å². The quantitative estimate of drug-likeness (QED) is 0.386. The van der Waals surface area contributed by atoms with Crippen molar-refractivity contribution in [3.63, 3.8) is 0 Å². The average molecular weight is 671 g/mol. The smallest absolute Gasteiger partial charge is 0.342 e. The van der Waals surface area contributed by atoms with E-state index >= 15 is 8.78 Å². The van der Waals surface area contributed by atoms with Crippen molar-refractivity contribution in [2.45, 2.75) is 43.3 Å². The van der Waals surface area contributed by atoms with E-state index in [1.165, 1.54) is 25.3 Å². The summed E-state index contributed by atoms with van der Waals surface area (Å²) in [5.41, 5.74) is 0.216. The maximum absolute atomic E-state index is 16.6. The number of ether oxygens (including phenoxy) is 4. The van der Waals surface area contributed by atoms with Gasteiger partial charge in [-0.05, 0) is 36.3 Å². The van der Waals surface area contributed by atoms with Crippen molar-refractivity contribution >= 4 is 17.6 Å². The molecule has 0 bridgehead atoms. The van der Waals surface area contributed by atoms with Gasteiger partial charge in [-0.2, -0.15) is 0 Å². The number of hydrogen-bond donors (Lipinski definition) is 0.